The van der Waals surface area contributed by atoms with E-state index in [2.05, 4.69) is 5.32 Å². The average Bonchev–Trinajstić information content (AvgIpc) is 2.82. The first-order chi connectivity index (χ1) is 15.7. The van der Waals surface area contributed by atoms with Gasteiger partial charge in [-0.1, -0.05) is 55.5 Å². The summed E-state index contributed by atoms with van der Waals surface area (Å²) in [5.74, 6) is -0.381. The number of benzene rings is 2. The molecule has 33 heavy (non-hydrogen) atoms. The SMILES string of the molecule is CC[C@H](C)NC(=O)[C@@H](C)N(Cc1ccccc1)C(=O)CCCN(C)S(=O)(=O)c1ccccc1. The maximum atomic E-state index is 13.1. The van der Waals surface area contributed by atoms with E-state index in [1.807, 2.05) is 44.2 Å². The van der Waals surface area contributed by atoms with Gasteiger partial charge in [-0.05, 0) is 44.4 Å². The number of hydrogen-bond acceptors (Lipinski definition) is 4. The van der Waals surface area contributed by atoms with Crippen molar-refractivity contribution in [3.05, 3.63) is 66.2 Å². The second-order valence-electron chi connectivity index (χ2n) is 8.24. The van der Waals surface area contributed by atoms with Crippen molar-refractivity contribution in [1.29, 1.82) is 0 Å². The fourth-order valence-electron chi connectivity index (χ4n) is 3.32. The minimum atomic E-state index is -3.61. The van der Waals surface area contributed by atoms with Gasteiger partial charge in [0.2, 0.25) is 21.8 Å². The Hall–Kier alpha value is -2.71. The Morgan fingerprint density at radius 1 is 0.970 bits per heavy atom. The van der Waals surface area contributed by atoms with E-state index in [9.17, 15) is 18.0 Å². The molecule has 0 radical (unpaired) electrons. The highest BCUT2D eigenvalue weighted by Crippen LogP contribution is 2.16. The molecule has 180 valence electrons. The normalized spacial score (nSPS) is 13.4. The topological polar surface area (TPSA) is 86.8 Å². The van der Waals surface area contributed by atoms with Gasteiger partial charge in [-0.15, -0.1) is 0 Å². The fourth-order valence-corrected chi connectivity index (χ4v) is 4.55. The van der Waals surface area contributed by atoms with Crippen molar-refractivity contribution < 1.29 is 18.0 Å². The monoisotopic (exact) mass is 473 g/mol. The molecule has 2 atom stereocenters. The predicted molar refractivity (Wildman–Crippen MR) is 130 cm³/mol. The van der Waals surface area contributed by atoms with Gasteiger partial charge in [0.15, 0.2) is 0 Å². The standard InChI is InChI=1S/C25H35N3O4S/c1-5-20(2)26-25(30)21(3)28(19-22-13-8-6-9-14-22)24(29)17-12-18-27(4)33(31,32)23-15-10-7-11-16-23/h6-11,13-16,20-21H,5,12,17-19H2,1-4H3,(H,26,30)/t20-,21+/m0/s1. The molecule has 8 heteroatoms. The van der Waals surface area contributed by atoms with Crippen molar-refractivity contribution in [1.82, 2.24) is 14.5 Å². The minimum Gasteiger partial charge on any atom is -0.352 e. The quantitative estimate of drug-likeness (QED) is 0.512. The minimum absolute atomic E-state index is 0.0190. The molecule has 0 fully saturated rings. The predicted octanol–water partition coefficient (Wildman–Crippen LogP) is 3.42. The third kappa shape index (κ3) is 7.68. The maximum Gasteiger partial charge on any atom is 0.242 e. The van der Waals surface area contributed by atoms with Crippen molar-refractivity contribution in [2.24, 2.45) is 0 Å². The van der Waals surface area contributed by atoms with Crippen LogP contribution in [0.3, 0.4) is 0 Å². The Labute approximate surface area is 197 Å². The van der Waals surface area contributed by atoms with Crippen LogP contribution in [-0.2, 0) is 26.2 Å². The van der Waals surface area contributed by atoms with Gasteiger partial charge in [0.25, 0.3) is 0 Å². The number of nitrogens with one attached hydrogen (secondary N) is 1. The van der Waals surface area contributed by atoms with Gasteiger partial charge in [0, 0.05) is 32.6 Å². The van der Waals surface area contributed by atoms with Crippen molar-refractivity contribution in [2.75, 3.05) is 13.6 Å². The molecule has 0 aromatic heterocycles. The third-order valence-corrected chi connectivity index (χ3v) is 7.55. The number of carbonyl (C=O) groups excluding carboxylic acids is 2. The summed E-state index contributed by atoms with van der Waals surface area (Å²) in [5, 5.41) is 2.94. The first kappa shape index (κ1) is 26.5. The number of hydrogen-bond donors (Lipinski definition) is 1. The van der Waals surface area contributed by atoms with E-state index in [0.29, 0.717) is 13.0 Å². The van der Waals surface area contributed by atoms with E-state index in [4.69, 9.17) is 0 Å². The molecule has 2 aromatic carbocycles. The summed E-state index contributed by atoms with van der Waals surface area (Å²) >= 11 is 0. The molecule has 0 aliphatic carbocycles. The number of nitrogens with zero attached hydrogens (tertiary/aromatic N) is 2. The van der Waals surface area contributed by atoms with Gasteiger partial charge in [-0.2, -0.15) is 0 Å². The van der Waals surface area contributed by atoms with E-state index in [1.54, 1.807) is 42.2 Å². The van der Waals surface area contributed by atoms with Crippen LogP contribution >= 0.6 is 0 Å². The average molecular weight is 474 g/mol. The Morgan fingerprint density at radius 2 is 1.55 bits per heavy atom. The molecule has 2 amide bonds. The van der Waals surface area contributed by atoms with Crippen LogP contribution in [0, 0.1) is 0 Å². The van der Waals surface area contributed by atoms with Gasteiger partial charge in [0.1, 0.15) is 6.04 Å². The molecule has 1 N–H and O–H groups in total. The zero-order valence-corrected chi connectivity index (χ0v) is 20.7. The van der Waals surface area contributed by atoms with Crippen LogP contribution in [0.2, 0.25) is 0 Å². The van der Waals surface area contributed by atoms with Crippen LogP contribution in [-0.4, -0.2) is 55.1 Å². The van der Waals surface area contributed by atoms with Gasteiger partial charge < -0.3 is 10.2 Å². The highest BCUT2D eigenvalue weighted by molar-refractivity contribution is 7.89. The molecule has 0 bridgehead atoms. The maximum absolute atomic E-state index is 13.1. The summed E-state index contributed by atoms with van der Waals surface area (Å²) in [6.07, 6.45) is 1.29. The molecular weight excluding hydrogens is 438 g/mol. The molecule has 0 aliphatic heterocycles. The summed E-state index contributed by atoms with van der Waals surface area (Å²) in [7, 11) is -2.10. The number of amides is 2. The van der Waals surface area contributed by atoms with E-state index in [-0.39, 0.29) is 35.7 Å². The Kier molecular flexibility index (Phi) is 10.1. The summed E-state index contributed by atoms with van der Waals surface area (Å²) < 4.78 is 26.6. The summed E-state index contributed by atoms with van der Waals surface area (Å²) in [6.45, 7) is 6.16. The van der Waals surface area contributed by atoms with Gasteiger partial charge in [-0.3, -0.25) is 9.59 Å². The lowest BCUT2D eigenvalue weighted by molar-refractivity contribution is -0.141. The third-order valence-electron chi connectivity index (χ3n) is 5.68. The zero-order chi connectivity index (χ0) is 24.4. The van der Waals surface area contributed by atoms with E-state index >= 15 is 0 Å². The van der Waals surface area contributed by atoms with Crippen LogP contribution in [0.25, 0.3) is 0 Å². The molecule has 0 spiro atoms. The molecule has 0 aliphatic rings. The van der Waals surface area contributed by atoms with Crippen molar-refractivity contribution >= 4 is 21.8 Å². The highest BCUT2D eigenvalue weighted by atomic mass is 32.2. The van der Waals surface area contributed by atoms with Crippen LogP contribution in [0.4, 0.5) is 0 Å². The fraction of sp³-hybridized carbons (Fsp3) is 0.440. The number of sulfonamides is 1. The van der Waals surface area contributed by atoms with E-state index in [1.165, 1.54) is 11.4 Å². The van der Waals surface area contributed by atoms with Gasteiger partial charge >= 0.3 is 0 Å². The molecule has 0 saturated carbocycles. The summed E-state index contributed by atoms with van der Waals surface area (Å²) in [5.41, 5.74) is 0.929. The van der Waals surface area contributed by atoms with E-state index in [0.717, 1.165) is 12.0 Å². The zero-order valence-electron chi connectivity index (χ0n) is 19.9. The smallest absolute Gasteiger partial charge is 0.242 e. The lowest BCUT2D eigenvalue weighted by atomic mass is 10.1. The summed E-state index contributed by atoms with van der Waals surface area (Å²) in [4.78, 5) is 27.6. The van der Waals surface area contributed by atoms with Crippen molar-refractivity contribution in [3.8, 4) is 0 Å². The molecular formula is C25H35N3O4S. The number of carbonyl (C=O) groups is 2. The molecule has 7 nitrogen and oxygen atoms in total. The van der Waals surface area contributed by atoms with Crippen LogP contribution in [0.1, 0.15) is 45.6 Å². The highest BCUT2D eigenvalue weighted by Gasteiger charge is 2.27. The number of rotatable bonds is 12. The second-order valence-corrected chi connectivity index (χ2v) is 10.3. The Balaban J connectivity index is 2.05. The molecule has 2 aromatic rings. The Morgan fingerprint density at radius 3 is 2.12 bits per heavy atom. The largest absolute Gasteiger partial charge is 0.352 e. The lowest BCUT2D eigenvalue weighted by Crippen LogP contribution is -2.49. The van der Waals surface area contributed by atoms with Crippen molar-refractivity contribution in [2.45, 2.75) is 63.6 Å². The van der Waals surface area contributed by atoms with E-state index < -0.39 is 16.1 Å². The summed E-state index contributed by atoms with van der Waals surface area (Å²) in [6, 6.07) is 17.1. The molecule has 2 rings (SSSR count). The van der Waals surface area contributed by atoms with Crippen molar-refractivity contribution in [3.63, 3.8) is 0 Å². The lowest BCUT2D eigenvalue weighted by Gasteiger charge is -2.30. The first-order valence-corrected chi connectivity index (χ1v) is 12.8. The first-order valence-electron chi connectivity index (χ1n) is 11.3. The molecule has 0 saturated heterocycles. The Bertz CT molecular complexity index is 997. The van der Waals surface area contributed by atoms with Gasteiger partial charge in [-0.25, -0.2) is 12.7 Å². The molecule has 0 unspecified atom stereocenters. The van der Waals surface area contributed by atoms with Gasteiger partial charge in [0.05, 0.1) is 4.90 Å². The van der Waals surface area contributed by atoms with Crippen LogP contribution < -0.4 is 5.32 Å². The molecule has 0 heterocycles. The second kappa shape index (κ2) is 12.5. The van der Waals surface area contributed by atoms with Crippen LogP contribution in [0.15, 0.2) is 65.6 Å². The van der Waals surface area contributed by atoms with Crippen LogP contribution in [0.5, 0.6) is 0 Å².